The molecule has 0 N–H and O–H groups in total. The Hall–Kier alpha value is -8.88. The number of aromatic nitrogens is 4. The first kappa shape index (κ1) is 42.7. The highest BCUT2D eigenvalue weighted by molar-refractivity contribution is 6.19. The summed E-state index contributed by atoms with van der Waals surface area (Å²) in [5, 5.41) is 34.1. The molecule has 0 saturated carbocycles. The van der Waals surface area contributed by atoms with Gasteiger partial charge in [0.2, 0.25) is 11.8 Å². The number of imidazole rings is 1. The molecule has 0 unspecified atom stereocenters. The van der Waals surface area contributed by atoms with E-state index in [-0.39, 0.29) is 12.2 Å². The second kappa shape index (κ2) is 18.4. The number of pyridine rings is 1. The van der Waals surface area contributed by atoms with Crippen molar-refractivity contribution in [2.75, 3.05) is 24.8 Å². The summed E-state index contributed by atoms with van der Waals surface area (Å²) in [7, 11) is 0. The number of azo groups is 2. The maximum absolute atomic E-state index is 14.0. The summed E-state index contributed by atoms with van der Waals surface area (Å²) in [5.74, 6) is 1.79. The Bertz CT molecular complexity index is 3780. The van der Waals surface area contributed by atoms with Crippen molar-refractivity contribution in [2.45, 2.75) is 27.4 Å². The van der Waals surface area contributed by atoms with Crippen molar-refractivity contribution in [3.63, 3.8) is 0 Å². The fraction of sp³-hybridized carbons (Fsp3) is 0.127. The van der Waals surface area contributed by atoms with Crippen LogP contribution in [0.4, 0.5) is 28.4 Å². The summed E-state index contributed by atoms with van der Waals surface area (Å²) in [6.07, 6.45) is 0. The second-order valence-electron chi connectivity index (χ2n) is 16.1. The Labute approximate surface area is 395 Å². The van der Waals surface area contributed by atoms with Crippen molar-refractivity contribution in [3.8, 4) is 34.4 Å². The Balaban J connectivity index is 0.826. The molecule has 0 amide bonds. The zero-order chi connectivity index (χ0) is 46.8. The fourth-order valence-corrected chi connectivity index (χ4v) is 8.68. The molecule has 0 fully saturated rings. The Morgan fingerprint density at radius 1 is 0.609 bits per heavy atom. The van der Waals surface area contributed by atoms with Gasteiger partial charge in [-0.3, -0.25) is 19.1 Å². The molecule has 338 valence electrons. The van der Waals surface area contributed by atoms with E-state index in [1.807, 2.05) is 158 Å². The number of fused-ring (bicyclic) bond motifs is 5. The lowest BCUT2D eigenvalue weighted by Gasteiger charge is -2.23. The van der Waals surface area contributed by atoms with Gasteiger partial charge in [-0.25, -0.2) is 4.98 Å². The van der Waals surface area contributed by atoms with Gasteiger partial charge in [0.15, 0.2) is 5.75 Å². The van der Waals surface area contributed by atoms with Gasteiger partial charge in [-0.1, -0.05) is 72.8 Å². The standard InChI is InChI=1S/C55H43N9O5/c1-4-63(40-16-8-7-9-17-40)68-33-37-31-36-15-10-11-18-41(36)50(51(37)67-6-3)60-58-39-29-25-35(26-30-39)54-62-61-53(69-54)34-23-27-38(28-24-34)57-59-49-42-19-14-20-43-48(42)44(32-47(49)66-5-2)55(65)64-46-22-13-12-21-45(46)56-52(43)64/h7-32H,4-6,33H2,1-3H3. The summed E-state index contributed by atoms with van der Waals surface area (Å²) in [6.45, 7) is 7.67. The minimum Gasteiger partial charge on any atom is -0.491 e. The molecule has 11 rings (SSSR count). The second-order valence-corrected chi connectivity index (χ2v) is 16.1. The topological polar surface area (TPSA) is 154 Å². The summed E-state index contributed by atoms with van der Waals surface area (Å²) in [6, 6.07) is 50.2. The first-order valence-corrected chi connectivity index (χ1v) is 22.8. The van der Waals surface area contributed by atoms with E-state index >= 15 is 0 Å². The molecule has 3 heterocycles. The molecule has 69 heavy (non-hydrogen) atoms. The van der Waals surface area contributed by atoms with Crippen LogP contribution in [0.1, 0.15) is 26.3 Å². The van der Waals surface area contributed by atoms with Gasteiger partial charge < -0.3 is 13.9 Å². The van der Waals surface area contributed by atoms with Crippen LogP contribution < -0.4 is 20.1 Å². The molecule has 0 saturated heterocycles. The number of hydrogen-bond acceptors (Lipinski definition) is 13. The predicted octanol–water partition coefficient (Wildman–Crippen LogP) is 14.0. The van der Waals surface area contributed by atoms with Crippen molar-refractivity contribution in [1.29, 1.82) is 0 Å². The maximum atomic E-state index is 14.0. The van der Waals surface area contributed by atoms with Crippen LogP contribution >= 0.6 is 0 Å². The van der Waals surface area contributed by atoms with Crippen LogP contribution in [0.2, 0.25) is 0 Å². The van der Waals surface area contributed by atoms with E-state index in [9.17, 15) is 4.79 Å². The highest BCUT2D eigenvalue weighted by atomic mass is 16.7. The van der Waals surface area contributed by atoms with Crippen molar-refractivity contribution < 1.29 is 18.7 Å². The first-order valence-electron chi connectivity index (χ1n) is 22.8. The van der Waals surface area contributed by atoms with Gasteiger partial charge in [-0.05, 0) is 111 Å². The highest BCUT2D eigenvalue weighted by Crippen LogP contribution is 2.43. The third-order valence-corrected chi connectivity index (χ3v) is 11.9. The maximum Gasteiger partial charge on any atom is 0.264 e. The molecule has 0 aliphatic rings. The largest absolute Gasteiger partial charge is 0.491 e. The predicted molar refractivity (Wildman–Crippen MR) is 269 cm³/mol. The summed E-state index contributed by atoms with van der Waals surface area (Å²) >= 11 is 0. The van der Waals surface area contributed by atoms with Crippen LogP contribution in [0, 0.1) is 0 Å². The van der Waals surface area contributed by atoms with Gasteiger partial charge in [0.1, 0.15) is 29.4 Å². The van der Waals surface area contributed by atoms with E-state index in [0.717, 1.165) is 54.8 Å². The summed E-state index contributed by atoms with van der Waals surface area (Å²) in [5.41, 5.74) is 7.58. The van der Waals surface area contributed by atoms with Gasteiger partial charge in [-0.2, -0.15) is 10.2 Å². The molecular formula is C55H43N9O5. The minimum absolute atomic E-state index is 0.167. The van der Waals surface area contributed by atoms with Crippen molar-refractivity contribution in [2.24, 2.45) is 20.5 Å². The third kappa shape index (κ3) is 8.02. The van der Waals surface area contributed by atoms with Gasteiger partial charge in [0.25, 0.3) is 5.56 Å². The molecule has 0 atom stereocenters. The van der Waals surface area contributed by atoms with Crippen molar-refractivity contribution in [1.82, 2.24) is 19.6 Å². The SMILES string of the molecule is CCOc1cc2c(=O)n3c4ccccc4nc3c3cccc(c1N=Nc1ccc(-c4nnc(-c5ccc(N=Nc6c(OCC)c(CON(CC)c7ccccc7)cc7ccccc67)cc5)o4)cc1)c23. The highest BCUT2D eigenvalue weighted by Gasteiger charge is 2.22. The summed E-state index contributed by atoms with van der Waals surface area (Å²) in [4.78, 5) is 25.2. The quantitative estimate of drug-likeness (QED) is 0.0722. The monoisotopic (exact) mass is 909 g/mol. The lowest BCUT2D eigenvalue weighted by molar-refractivity contribution is 0.0953. The van der Waals surface area contributed by atoms with Crippen molar-refractivity contribution in [3.05, 3.63) is 174 Å². The van der Waals surface area contributed by atoms with Crippen LogP contribution in [0.25, 0.3) is 71.9 Å². The third-order valence-electron chi connectivity index (χ3n) is 11.9. The number of benzene rings is 8. The molecule has 14 heteroatoms. The van der Waals surface area contributed by atoms with Gasteiger partial charge >= 0.3 is 0 Å². The molecule has 3 aromatic heterocycles. The number of ether oxygens (including phenoxy) is 2. The number of anilines is 1. The molecule has 0 spiro atoms. The molecule has 0 aliphatic heterocycles. The van der Waals surface area contributed by atoms with Crippen LogP contribution in [-0.2, 0) is 11.4 Å². The Kier molecular flexibility index (Phi) is 11.4. The number of hydrogen-bond donors (Lipinski definition) is 0. The van der Waals surface area contributed by atoms with Crippen LogP contribution in [-0.4, -0.2) is 39.3 Å². The molecule has 0 bridgehead atoms. The van der Waals surface area contributed by atoms with Gasteiger partial charge in [-0.15, -0.1) is 20.4 Å². The van der Waals surface area contributed by atoms with E-state index in [1.54, 1.807) is 10.5 Å². The van der Waals surface area contributed by atoms with Crippen LogP contribution in [0.5, 0.6) is 11.5 Å². The first-order chi connectivity index (χ1) is 34.0. The zero-order valence-corrected chi connectivity index (χ0v) is 37.9. The van der Waals surface area contributed by atoms with E-state index in [0.29, 0.717) is 82.4 Å². The van der Waals surface area contributed by atoms with Crippen LogP contribution in [0.15, 0.2) is 187 Å². The zero-order valence-electron chi connectivity index (χ0n) is 37.9. The molecule has 0 radical (unpaired) electrons. The molecule has 14 nitrogen and oxygen atoms in total. The number of nitrogens with zero attached hydrogens (tertiary/aromatic N) is 9. The normalized spacial score (nSPS) is 11.9. The Morgan fingerprint density at radius 2 is 1.25 bits per heavy atom. The smallest absolute Gasteiger partial charge is 0.264 e. The molecule has 11 aromatic rings. The van der Waals surface area contributed by atoms with E-state index in [2.05, 4.69) is 39.5 Å². The van der Waals surface area contributed by atoms with E-state index in [1.165, 1.54) is 0 Å². The molecular weight excluding hydrogens is 867 g/mol. The van der Waals surface area contributed by atoms with Gasteiger partial charge in [0, 0.05) is 44.8 Å². The lowest BCUT2D eigenvalue weighted by atomic mass is 10.0. The number of rotatable bonds is 15. The van der Waals surface area contributed by atoms with Crippen molar-refractivity contribution >= 4 is 77.4 Å². The minimum atomic E-state index is -0.167. The molecule has 8 aromatic carbocycles. The summed E-state index contributed by atoms with van der Waals surface area (Å²) < 4.78 is 20.1. The average molecular weight is 910 g/mol. The lowest BCUT2D eigenvalue weighted by Crippen LogP contribution is -2.23. The fourth-order valence-electron chi connectivity index (χ4n) is 8.68. The van der Waals surface area contributed by atoms with Gasteiger partial charge in [0.05, 0.1) is 46.7 Å². The van der Waals surface area contributed by atoms with Crippen LogP contribution in [0.3, 0.4) is 0 Å². The Morgan fingerprint density at radius 3 is 1.96 bits per heavy atom. The number of hydroxylamine groups is 1. The van der Waals surface area contributed by atoms with E-state index < -0.39 is 0 Å². The number of para-hydroxylation sites is 3. The van der Waals surface area contributed by atoms with E-state index in [4.69, 9.17) is 33.9 Å². The molecule has 0 aliphatic carbocycles. The average Bonchev–Trinajstić information content (AvgIpc) is 4.05.